The van der Waals surface area contributed by atoms with E-state index < -0.39 is 12.1 Å². The lowest BCUT2D eigenvalue weighted by atomic mass is 10.1. The van der Waals surface area contributed by atoms with E-state index in [0.717, 1.165) is 38.4 Å². The maximum Gasteiger partial charge on any atom is 0.251 e. The quantitative estimate of drug-likeness (QED) is 0.328. The Morgan fingerprint density at radius 3 is 2.55 bits per heavy atom. The first kappa shape index (κ1) is 23.0. The second-order valence-corrected chi connectivity index (χ2v) is 8.93. The Morgan fingerprint density at radius 2 is 1.85 bits per heavy atom. The van der Waals surface area contributed by atoms with Gasteiger partial charge in [-0.05, 0) is 72.1 Å². The van der Waals surface area contributed by atoms with Crippen LogP contribution in [-0.2, 0) is 13.0 Å². The predicted molar refractivity (Wildman–Crippen MR) is 134 cm³/mol. The predicted octanol–water partition coefficient (Wildman–Crippen LogP) is 4.88. The van der Waals surface area contributed by atoms with E-state index >= 15 is 0 Å². The van der Waals surface area contributed by atoms with E-state index in [-0.39, 0.29) is 5.91 Å². The fourth-order valence-corrected chi connectivity index (χ4v) is 4.15. The molecule has 0 radical (unpaired) electrons. The number of halogens is 1. The first-order valence-corrected chi connectivity index (χ1v) is 11.5. The molecule has 4 rings (SSSR count). The minimum absolute atomic E-state index is 0.213. The van der Waals surface area contributed by atoms with Gasteiger partial charge in [-0.15, -0.1) is 0 Å². The standard InChI is InChI=1S/C26H26BrN3O3/c1-16(28-15-17-3-11-22(33-2)12-4-17)29-21-10-7-19-13-24(31)25(23(19)14-21)30-26(32)18-5-8-20(27)9-6-18/h3-12,14,24-25,31H,13,15H2,1-2H3,(H,28,29)(H,30,32)/t24-,25-/m1/s1. The highest BCUT2D eigenvalue weighted by atomic mass is 79.9. The molecule has 0 saturated carbocycles. The van der Waals surface area contributed by atoms with Crippen LogP contribution in [0.2, 0.25) is 0 Å². The number of carbonyl (C=O) groups excluding carboxylic acids is 1. The molecule has 0 bridgehead atoms. The van der Waals surface area contributed by atoms with Crippen LogP contribution < -0.4 is 15.4 Å². The van der Waals surface area contributed by atoms with Crippen molar-refractivity contribution >= 4 is 33.4 Å². The summed E-state index contributed by atoms with van der Waals surface area (Å²) in [6.45, 7) is 2.47. The van der Waals surface area contributed by atoms with Crippen molar-refractivity contribution in [1.29, 1.82) is 0 Å². The maximum atomic E-state index is 12.7. The van der Waals surface area contributed by atoms with Crippen LogP contribution in [0.4, 0.5) is 5.69 Å². The summed E-state index contributed by atoms with van der Waals surface area (Å²) in [4.78, 5) is 17.3. The van der Waals surface area contributed by atoms with Crippen LogP contribution in [0.5, 0.6) is 5.75 Å². The highest BCUT2D eigenvalue weighted by molar-refractivity contribution is 9.10. The van der Waals surface area contributed by atoms with Gasteiger partial charge >= 0.3 is 0 Å². The summed E-state index contributed by atoms with van der Waals surface area (Å²) in [5.74, 6) is 1.38. The number of nitrogens with zero attached hydrogens (tertiary/aromatic N) is 1. The Labute approximate surface area is 201 Å². The van der Waals surface area contributed by atoms with Crippen LogP contribution in [0.25, 0.3) is 0 Å². The summed E-state index contributed by atoms with van der Waals surface area (Å²) in [7, 11) is 1.65. The van der Waals surface area contributed by atoms with Crippen LogP contribution in [0.1, 0.15) is 40.0 Å². The van der Waals surface area contributed by atoms with Crippen LogP contribution in [-0.4, -0.2) is 30.1 Å². The number of fused-ring (bicyclic) bond motifs is 1. The average molecular weight is 508 g/mol. The number of anilines is 1. The van der Waals surface area contributed by atoms with Gasteiger partial charge in [0.15, 0.2) is 0 Å². The Hall–Kier alpha value is -3.16. The van der Waals surface area contributed by atoms with Crippen molar-refractivity contribution in [3.63, 3.8) is 0 Å². The number of hydrogen-bond donors (Lipinski definition) is 3. The molecule has 0 spiro atoms. The summed E-state index contributed by atoms with van der Waals surface area (Å²) >= 11 is 3.38. The highest BCUT2D eigenvalue weighted by Gasteiger charge is 2.32. The molecule has 0 aliphatic heterocycles. The van der Waals surface area contributed by atoms with E-state index in [0.29, 0.717) is 18.5 Å². The first-order chi connectivity index (χ1) is 15.9. The molecule has 3 aromatic rings. The van der Waals surface area contributed by atoms with Crippen molar-refractivity contribution in [2.24, 2.45) is 4.99 Å². The first-order valence-electron chi connectivity index (χ1n) is 10.7. The third-order valence-electron chi connectivity index (χ3n) is 5.67. The van der Waals surface area contributed by atoms with E-state index in [1.165, 1.54) is 0 Å². The van der Waals surface area contributed by atoms with Gasteiger partial charge in [0.1, 0.15) is 5.75 Å². The smallest absolute Gasteiger partial charge is 0.251 e. The molecule has 0 heterocycles. The summed E-state index contributed by atoms with van der Waals surface area (Å²) < 4.78 is 6.09. The number of rotatable bonds is 6. The van der Waals surface area contributed by atoms with Crippen LogP contribution in [0, 0.1) is 0 Å². The average Bonchev–Trinajstić information content (AvgIpc) is 3.12. The SMILES string of the molecule is COc1ccc(CN=C(C)Nc2ccc3c(c2)[C@@H](NC(=O)c2ccc(Br)cc2)[C@H](O)C3)cc1. The number of ether oxygens (including phenoxy) is 1. The zero-order valence-corrected chi connectivity index (χ0v) is 20.1. The van der Waals surface area contributed by atoms with E-state index in [2.05, 4.69) is 31.6 Å². The number of methoxy groups -OCH3 is 1. The van der Waals surface area contributed by atoms with Gasteiger partial charge in [-0.1, -0.05) is 34.1 Å². The molecule has 1 amide bonds. The number of nitrogens with one attached hydrogen (secondary N) is 2. The highest BCUT2D eigenvalue weighted by Crippen LogP contribution is 2.34. The topological polar surface area (TPSA) is 83.0 Å². The molecule has 3 aromatic carbocycles. The number of aliphatic hydroxyl groups excluding tert-OH is 1. The van der Waals surface area contributed by atoms with Crippen molar-refractivity contribution in [3.05, 3.63) is 93.5 Å². The van der Waals surface area contributed by atoms with Crippen LogP contribution in [0.3, 0.4) is 0 Å². The summed E-state index contributed by atoms with van der Waals surface area (Å²) in [6.07, 6.45) is -0.162. The summed E-state index contributed by atoms with van der Waals surface area (Å²) in [5.41, 5.74) is 4.45. The zero-order valence-electron chi connectivity index (χ0n) is 18.5. The van der Waals surface area contributed by atoms with Crippen molar-refractivity contribution < 1.29 is 14.6 Å². The van der Waals surface area contributed by atoms with Gasteiger partial charge in [0.05, 0.1) is 31.6 Å². The van der Waals surface area contributed by atoms with Crippen LogP contribution >= 0.6 is 15.9 Å². The zero-order chi connectivity index (χ0) is 23.4. The molecule has 170 valence electrons. The molecule has 0 unspecified atom stereocenters. The minimum Gasteiger partial charge on any atom is -0.497 e. The molecule has 6 nitrogen and oxygen atoms in total. The number of hydrogen-bond acceptors (Lipinski definition) is 4. The number of aliphatic hydroxyl groups is 1. The van der Waals surface area contributed by atoms with Gasteiger partial charge < -0.3 is 20.5 Å². The Balaban J connectivity index is 1.44. The molecule has 1 aliphatic carbocycles. The van der Waals surface area contributed by atoms with Gasteiger partial charge in [0, 0.05) is 22.1 Å². The maximum absolute atomic E-state index is 12.7. The number of aliphatic imine (C=N–C) groups is 1. The normalized spacial score (nSPS) is 17.4. The van der Waals surface area contributed by atoms with Gasteiger partial charge in [-0.2, -0.15) is 0 Å². The lowest BCUT2D eigenvalue weighted by molar-refractivity contribution is 0.0858. The largest absolute Gasteiger partial charge is 0.497 e. The van der Waals surface area contributed by atoms with Gasteiger partial charge in [-0.25, -0.2) is 0 Å². The Kier molecular flexibility index (Phi) is 7.11. The molecule has 0 aromatic heterocycles. The summed E-state index contributed by atoms with van der Waals surface area (Å²) in [5, 5.41) is 16.9. The van der Waals surface area contributed by atoms with E-state index in [1.54, 1.807) is 19.2 Å². The number of benzene rings is 3. The molecule has 0 saturated heterocycles. The summed E-state index contributed by atoms with van der Waals surface area (Å²) in [6, 6.07) is 20.4. The Bertz CT molecular complexity index is 1160. The minimum atomic E-state index is -0.667. The molecule has 7 heteroatoms. The third-order valence-corrected chi connectivity index (χ3v) is 6.20. The van der Waals surface area contributed by atoms with Gasteiger partial charge in [0.25, 0.3) is 5.91 Å². The van der Waals surface area contributed by atoms with Crippen molar-refractivity contribution in [2.75, 3.05) is 12.4 Å². The van der Waals surface area contributed by atoms with E-state index in [1.807, 2.05) is 61.5 Å². The van der Waals surface area contributed by atoms with E-state index in [4.69, 9.17) is 4.74 Å². The molecule has 0 fully saturated rings. The van der Waals surface area contributed by atoms with Crippen LogP contribution in [0.15, 0.2) is 76.2 Å². The van der Waals surface area contributed by atoms with E-state index in [9.17, 15) is 9.90 Å². The molecule has 2 atom stereocenters. The van der Waals surface area contributed by atoms with Crippen molar-refractivity contribution in [1.82, 2.24) is 5.32 Å². The fraction of sp³-hybridized carbons (Fsp3) is 0.231. The number of carbonyl (C=O) groups is 1. The molecule has 3 N–H and O–H groups in total. The lowest BCUT2D eigenvalue weighted by Gasteiger charge is -2.19. The third kappa shape index (κ3) is 5.61. The lowest BCUT2D eigenvalue weighted by Crippen LogP contribution is -2.33. The molecule has 33 heavy (non-hydrogen) atoms. The number of amidine groups is 1. The fourth-order valence-electron chi connectivity index (χ4n) is 3.89. The molecular weight excluding hydrogens is 482 g/mol. The second kappa shape index (κ2) is 10.2. The molecule has 1 aliphatic rings. The van der Waals surface area contributed by atoms with Gasteiger partial charge in [-0.3, -0.25) is 9.79 Å². The molecular formula is C26H26BrN3O3. The van der Waals surface area contributed by atoms with Crippen molar-refractivity contribution in [2.45, 2.75) is 32.0 Å². The van der Waals surface area contributed by atoms with Gasteiger partial charge in [0.2, 0.25) is 0 Å². The monoisotopic (exact) mass is 507 g/mol. The number of amides is 1. The second-order valence-electron chi connectivity index (χ2n) is 8.02. The van der Waals surface area contributed by atoms with Crippen molar-refractivity contribution in [3.8, 4) is 5.75 Å². The Morgan fingerprint density at radius 1 is 1.12 bits per heavy atom.